The number of hydrogen-bond acceptors (Lipinski definition) is 0. The quantitative estimate of drug-likeness (QED) is 0.555. The van der Waals surface area contributed by atoms with Crippen molar-refractivity contribution < 1.29 is 0 Å². The van der Waals surface area contributed by atoms with Gasteiger partial charge in [-0.3, -0.25) is 0 Å². The van der Waals surface area contributed by atoms with Gasteiger partial charge in [0.25, 0.3) is 0 Å². The van der Waals surface area contributed by atoms with E-state index in [0.717, 1.165) is 17.7 Å². The summed E-state index contributed by atoms with van der Waals surface area (Å²) in [6, 6.07) is 0. The molecule has 1 saturated carbocycles. The molecule has 1 aliphatic rings. The topological polar surface area (TPSA) is 0 Å². The highest BCUT2D eigenvalue weighted by Crippen LogP contribution is 2.33. The van der Waals surface area contributed by atoms with Crippen LogP contribution in [0.25, 0.3) is 0 Å². The maximum atomic E-state index is 5.85. The molecule has 0 aromatic heterocycles. The van der Waals surface area contributed by atoms with Crippen LogP contribution in [0.2, 0.25) is 0 Å². The van der Waals surface area contributed by atoms with Crippen LogP contribution in [0, 0.1) is 11.8 Å². The van der Waals surface area contributed by atoms with Crippen LogP contribution < -0.4 is 0 Å². The third-order valence-corrected chi connectivity index (χ3v) is 3.19. The van der Waals surface area contributed by atoms with Crippen molar-refractivity contribution in [3.63, 3.8) is 0 Å². The molecule has 1 aliphatic carbocycles. The van der Waals surface area contributed by atoms with E-state index in [2.05, 4.69) is 6.92 Å². The Morgan fingerprint density at radius 1 is 1.40 bits per heavy atom. The summed E-state index contributed by atoms with van der Waals surface area (Å²) in [5, 5.41) is 0. The highest BCUT2D eigenvalue weighted by atomic mass is 35.5. The van der Waals surface area contributed by atoms with Crippen molar-refractivity contribution in [2.75, 3.05) is 5.88 Å². The van der Waals surface area contributed by atoms with Gasteiger partial charge in [-0.15, -0.1) is 11.6 Å². The fraction of sp³-hybridized carbons (Fsp3) is 1.00. The van der Waals surface area contributed by atoms with Gasteiger partial charge in [0.2, 0.25) is 0 Å². The monoisotopic (exact) mass is 160 g/mol. The van der Waals surface area contributed by atoms with E-state index in [1.165, 1.54) is 32.1 Å². The van der Waals surface area contributed by atoms with Gasteiger partial charge in [0.15, 0.2) is 0 Å². The van der Waals surface area contributed by atoms with Crippen LogP contribution in [0.15, 0.2) is 0 Å². The molecule has 1 unspecified atom stereocenters. The van der Waals surface area contributed by atoms with Crippen LogP contribution in [0.4, 0.5) is 0 Å². The van der Waals surface area contributed by atoms with E-state index in [4.69, 9.17) is 11.6 Å². The molecule has 0 saturated heterocycles. The maximum Gasteiger partial charge on any atom is 0.0254 e. The van der Waals surface area contributed by atoms with Gasteiger partial charge in [-0.25, -0.2) is 0 Å². The normalized spacial score (nSPS) is 23.4. The third-order valence-electron chi connectivity index (χ3n) is 2.79. The van der Waals surface area contributed by atoms with Gasteiger partial charge in [-0.2, -0.15) is 0 Å². The van der Waals surface area contributed by atoms with E-state index in [-0.39, 0.29) is 0 Å². The van der Waals surface area contributed by atoms with Crippen molar-refractivity contribution in [1.29, 1.82) is 0 Å². The van der Waals surface area contributed by atoms with Crippen LogP contribution in [0.3, 0.4) is 0 Å². The average Bonchev–Trinajstić information content (AvgIpc) is 2.43. The summed E-state index contributed by atoms with van der Waals surface area (Å²) < 4.78 is 0. The van der Waals surface area contributed by atoms with E-state index in [1.807, 2.05) is 0 Å². The molecule has 0 aliphatic heterocycles. The lowest BCUT2D eigenvalue weighted by atomic mass is 9.90. The highest BCUT2D eigenvalue weighted by molar-refractivity contribution is 6.18. The van der Waals surface area contributed by atoms with Crippen LogP contribution in [0.1, 0.15) is 39.0 Å². The Morgan fingerprint density at radius 2 is 2.00 bits per heavy atom. The van der Waals surface area contributed by atoms with E-state index in [1.54, 1.807) is 0 Å². The van der Waals surface area contributed by atoms with Gasteiger partial charge in [0.05, 0.1) is 0 Å². The summed E-state index contributed by atoms with van der Waals surface area (Å²) in [6.07, 6.45) is 7.03. The summed E-state index contributed by atoms with van der Waals surface area (Å²) in [4.78, 5) is 0. The first kappa shape index (κ1) is 8.39. The molecule has 0 amide bonds. The summed E-state index contributed by atoms with van der Waals surface area (Å²) in [6.45, 7) is 2.26. The van der Waals surface area contributed by atoms with Crippen LogP contribution in [-0.4, -0.2) is 5.88 Å². The molecule has 0 nitrogen and oxygen atoms in total. The Labute approximate surface area is 69.0 Å². The Kier molecular flexibility index (Phi) is 3.55. The molecule has 0 spiro atoms. The average molecular weight is 161 g/mol. The number of hydrogen-bond donors (Lipinski definition) is 0. The first-order chi connectivity index (χ1) is 4.88. The minimum Gasteiger partial charge on any atom is -0.126 e. The van der Waals surface area contributed by atoms with Gasteiger partial charge in [-0.05, 0) is 11.8 Å². The minimum atomic E-state index is 0.809. The zero-order valence-corrected chi connectivity index (χ0v) is 7.53. The molecular weight excluding hydrogens is 144 g/mol. The van der Waals surface area contributed by atoms with E-state index in [9.17, 15) is 0 Å². The second-order valence-corrected chi connectivity index (χ2v) is 3.68. The predicted octanol–water partition coefficient (Wildman–Crippen LogP) is 3.44. The lowest BCUT2D eigenvalue weighted by Gasteiger charge is -2.18. The Hall–Kier alpha value is 0.290. The smallest absolute Gasteiger partial charge is 0.0254 e. The molecule has 1 atom stereocenters. The number of alkyl halides is 1. The lowest BCUT2D eigenvalue weighted by Crippen LogP contribution is -2.11. The summed E-state index contributed by atoms with van der Waals surface area (Å²) in [5.74, 6) is 2.65. The Balaban J connectivity index is 2.29. The fourth-order valence-electron chi connectivity index (χ4n) is 2.00. The zero-order valence-electron chi connectivity index (χ0n) is 6.78. The van der Waals surface area contributed by atoms with Crippen molar-refractivity contribution >= 4 is 11.6 Å². The molecule has 0 radical (unpaired) electrons. The Morgan fingerprint density at radius 3 is 2.40 bits per heavy atom. The van der Waals surface area contributed by atoms with Gasteiger partial charge in [0, 0.05) is 5.88 Å². The standard InChI is InChI=1S/C9H17Cl/c1-2-8(7-10)9-5-3-4-6-9/h8-9H,2-7H2,1H3. The van der Waals surface area contributed by atoms with E-state index < -0.39 is 0 Å². The molecule has 60 valence electrons. The van der Waals surface area contributed by atoms with Crippen molar-refractivity contribution in [3.05, 3.63) is 0 Å². The van der Waals surface area contributed by atoms with Crippen molar-refractivity contribution in [3.8, 4) is 0 Å². The van der Waals surface area contributed by atoms with Crippen LogP contribution in [-0.2, 0) is 0 Å². The first-order valence-electron chi connectivity index (χ1n) is 4.44. The van der Waals surface area contributed by atoms with Gasteiger partial charge in [0.1, 0.15) is 0 Å². The zero-order chi connectivity index (χ0) is 7.40. The summed E-state index contributed by atoms with van der Waals surface area (Å²) in [7, 11) is 0. The molecule has 1 fully saturated rings. The van der Waals surface area contributed by atoms with Crippen LogP contribution in [0.5, 0.6) is 0 Å². The third kappa shape index (κ3) is 1.88. The molecule has 0 aromatic rings. The summed E-state index contributed by atoms with van der Waals surface area (Å²) in [5.41, 5.74) is 0. The van der Waals surface area contributed by atoms with Gasteiger partial charge < -0.3 is 0 Å². The Bertz CT molecular complexity index is 80.7. The summed E-state index contributed by atoms with van der Waals surface area (Å²) >= 11 is 5.85. The van der Waals surface area contributed by atoms with E-state index in [0.29, 0.717) is 0 Å². The minimum absolute atomic E-state index is 0.809. The fourth-order valence-corrected chi connectivity index (χ4v) is 2.47. The molecule has 0 aromatic carbocycles. The van der Waals surface area contributed by atoms with Crippen molar-refractivity contribution in [1.82, 2.24) is 0 Å². The molecule has 0 heterocycles. The van der Waals surface area contributed by atoms with Gasteiger partial charge >= 0.3 is 0 Å². The lowest BCUT2D eigenvalue weighted by molar-refractivity contribution is 0.361. The molecule has 0 N–H and O–H groups in total. The molecular formula is C9H17Cl. The van der Waals surface area contributed by atoms with Crippen molar-refractivity contribution in [2.24, 2.45) is 11.8 Å². The largest absolute Gasteiger partial charge is 0.126 e. The second kappa shape index (κ2) is 4.23. The van der Waals surface area contributed by atoms with E-state index >= 15 is 0 Å². The molecule has 1 rings (SSSR count). The molecule has 10 heavy (non-hydrogen) atoms. The maximum absolute atomic E-state index is 5.85. The first-order valence-corrected chi connectivity index (χ1v) is 4.98. The number of rotatable bonds is 3. The molecule has 0 bridgehead atoms. The predicted molar refractivity (Wildman–Crippen MR) is 46.5 cm³/mol. The number of halogens is 1. The van der Waals surface area contributed by atoms with Gasteiger partial charge in [-0.1, -0.05) is 39.0 Å². The molecule has 1 heteroatoms. The second-order valence-electron chi connectivity index (χ2n) is 3.37. The highest BCUT2D eigenvalue weighted by Gasteiger charge is 2.22. The van der Waals surface area contributed by atoms with Crippen LogP contribution >= 0.6 is 11.6 Å². The van der Waals surface area contributed by atoms with Crippen molar-refractivity contribution in [2.45, 2.75) is 39.0 Å². The SMILES string of the molecule is CCC(CCl)C1CCCC1.